The quantitative estimate of drug-likeness (QED) is 0.855. The van der Waals surface area contributed by atoms with Crippen molar-refractivity contribution in [2.75, 3.05) is 0 Å². The SMILES string of the molecule is C[C@H](NS(=O)(=O)c1cccc(OC(F)(F)F)c1)C(=O)O. The average molecular weight is 313 g/mol. The van der Waals surface area contributed by atoms with Gasteiger partial charge in [0, 0.05) is 6.07 Å². The highest BCUT2D eigenvalue weighted by molar-refractivity contribution is 7.89. The van der Waals surface area contributed by atoms with Crippen LogP contribution >= 0.6 is 0 Å². The molecule has 0 fully saturated rings. The van der Waals surface area contributed by atoms with Gasteiger partial charge in [-0.05, 0) is 19.1 Å². The number of carboxylic acid groups (broad SMARTS) is 1. The molecule has 1 atom stereocenters. The number of sulfonamides is 1. The van der Waals surface area contributed by atoms with Gasteiger partial charge in [0.25, 0.3) is 0 Å². The van der Waals surface area contributed by atoms with Gasteiger partial charge in [0.05, 0.1) is 4.90 Å². The Hall–Kier alpha value is -1.81. The molecule has 6 nitrogen and oxygen atoms in total. The molecule has 1 rings (SSSR count). The van der Waals surface area contributed by atoms with Crippen molar-refractivity contribution in [1.82, 2.24) is 4.72 Å². The van der Waals surface area contributed by atoms with E-state index < -0.39 is 39.0 Å². The third-order valence-corrected chi connectivity index (χ3v) is 3.59. The lowest BCUT2D eigenvalue weighted by atomic mass is 10.3. The monoisotopic (exact) mass is 313 g/mol. The highest BCUT2D eigenvalue weighted by Gasteiger charge is 2.31. The number of halogens is 3. The molecule has 0 amide bonds. The van der Waals surface area contributed by atoms with Crippen LogP contribution in [0.4, 0.5) is 13.2 Å². The topological polar surface area (TPSA) is 92.7 Å². The van der Waals surface area contributed by atoms with Crippen molar-refractivity contribution >= 4 is 16.0 Å². The molecule has 0 saturated heterocycles. The van der Waals surface area contributed by atoms with E-state index in [1.165, 1.54) is 0 Å². The van der Waals surface area contributed by atoms with E-state index in [4.69, 9.17) is 5.11 Å². The molecule has 0 aliphatic carbocycles. The van der Waals surface area contributed by atoms with Crippen LogP contribution in [0.25, 0.3) is 0 Å². The Morgan fingerprint density at radius 1 is 1.40 bits per heavy atom. The van der Waals surface area contributed by atoms with Crippen molar-refractivity contribution in [2.45, 2.75) is 24.2 Å². The molecule has 112 valence electrons. The summed E-state index contributed by atoms with van der Waals surface area (Å²) >= 11 is 0. The number of hydrogen-bond donors (Lipinski definition) is 2. The molecular formula is C10H10F3NO5S. The first-order chi connectivity index (χ1) is 9.01. The predicted molar refractivity (Wildman–Crippen MR) is 60.5 cm³/mol. The summed E-state index contributed by atoms with van der Waals surface area (Å²) in [5.41, 5.74) is 0. The normalized spacial score (nSPS) is 13.8. The van der Waals surface area contributed by atoms with Crippen LogP contribution < -0.4 is 9.46 Å². The number of benzene rings is 1. The summed E-state index contributed by atoms with van der Waals surface area (Å²) in [5.74, 6) is -2.14. The average Bonchev–Trinajstić information content (AvgIpc) is 2.26. The van der Waals surface area contributed by atoms with E-state index in [0.29, 0.717) is 6.07 Å². The summed E-state index contributed by atoms with van der Waals surface area (Å²) in [6.07, 6.45) is -4.95. The van der Waals surface area contributed by atoms with E-state index in [1.54, 1.807) is 4.72 Å². The Morgan fingerprint density at radius 3 is 2.50 bits per heavy atom. The van der Waals surface area contributed by atoms with E-state index in [-0.39, 0.29) is 0 Å². The van der Waals surface area contributed by atoms with Gasteiger partial charge in [-0.15, -0.1) is 13.2 Å². The first-order valence-corrected chi connectivity index (χ1v) is 6.60. The van der Waals surface area contributed by atoms with Crippen LogP contribution in [0, 0.1) is 0 Å². The van der Waals surface area contributed by atoms with Crippen molar-refractivity contribution in [2.24, 2.45) is 0 Å². The second-order valence-corrected chi connectivity index (χ2v) is 5.42. The Kier molecular flexibility index (Phi) is 4.61. The first-order valence-electron chi connectivity index (χ1n) is 5.12. The largest absolute Gasteiger partial charge is 0.573 e. The zero-order chi connectivity index (χ0) is 15.6. The molecule has 0 heterocycles. The summed E-state index contributed by atoms with van der Waals surface area (Å²) < 4.78 is 64.9. The summed E-state index contributed by atoms with van der Waals surface area (Å²) in [6.45, 7) is 1.08. The van der Waals surface area contributed by atoms with Crippen LogP contribution in [0.1, 0.15) is 6.92 Å². The van der Waals surface area contributed by atoms with Crippen molar-refractivity contribution in [3.63, 3.8) is 0 Å². The standard InChI is InChI=1S/C10H10F3NO5S/c1-6(9(15)16)14-20(17,18)8-4-2-3-7(5-8)19-10(11,12)13/h2-6,14H,1H3,(H,15,16)/t6-/m0/s1. The molecule has 20 heavy (non-hydrogen) atoms. The van der Waals surface area contributed by atoms with Crippen molar-refractivity contribution in [1.29, 1.82) is 0 Å². The Bertz CT molecular complexity index is 599. The molecular weight excluding hydrogens is 303 g/mol. The molecule has 2 N–H and O–H groups in total. The van der Waals surface area contributed by atoms with Gasteiger partial charge in [0.15, 0.2) is 0 Å². The second kappa shape index (κ2) is 5.67. The highest BCUT2D eigenvalue weighted by Crippen LogP contribution is 2.24. The van der Waals surface area contributed by atoms with Crippen LogP contribution in [-0.4, -0.2) is 31.9 Å². The number of carboxylic acids is 1. The van der Waals surface area contributed by atoms with Crippen molar-refractivity contribution in [3.8, 4) is 5.75 Å². The van der Waals surface area contributed by atoms with Crippen LogP contribution in [0.5, 0.6) is 5.75 Å². The van der Waals surface area contributed by atoms with Gasteiger partial charge in [-0.2, -0.15) is 4.72 Å². The van der Waals surface area contributed by atoms with Gasteiger partial charge in [0.2, 0.25) is 10.0 Å². The van der Waals surface area contributed by atoms with E-state index in [2.05, 4.69) is 4.74 Å². The summed E-state index contributed by atoms with van der Waals surface area (Å²) in [5, 5.41) is 8.60. The van der Waals surface area contributed by atoms with Gasteiger partial charge in [-0.3, -0.25) is 4.79 Å². The molecule has 0 aromatic heterocycles. The molecule has 0 aliphatic heterocycles. The summed E-state index contributed by atoms with van der Waals surface area (Å²) in [6, 6.07) is 2.20. The fraction of sp³-hybridized carbons (Fsp3) is 0.300. The van der Waals surface area contributed by atoms with E-state index in [0.717, 1.165) is 25.1 Å². The number of hydrogen-bond acceptors (Lipinski definition) is 4. The van der Waals surface area contributed by atoms with Crippen LogP contribution in [-0.2, 0) is 14.8 Å². The van der Waals surface area contributed by atoms with E-state index >= 15 is 0 Å². The Labute approximate surface area is 112 Å². The molecule has 1 aromatic carbocycles. The first kappa shape index (κ1) is 16.2. The maximum Gasteiger partial charge on any atom is 0.573 e. The highest BCUT2D eigenvalue weighted by atomic mass is 32.2. The molecule has 0 spiro atoms. The van der Waals surface area contributed by atoms with Gasteiger partial charge < -0.3 is 9.84 Å². The molecule has 1 aromatic rings. The van der Waals surface area contributed by atoms with E-state index in [9.17, 15) is 26.4 Å². The second-order valence-electron chi connectivity index (χ2n) is 3.70. The molecule has 0 bridgehead atoms. The van der Waals surface area contributed by atoms with Gasteiger partial charge >= 0.3 is 12.3 Å². The molecule has 10 heteroatoms. The maximum atomic E-state index is 12.0. The van der Waals surface area contributed by atoms with Crippen LogP contribution in [0.2, 0.25) is 0 Å². The van der Waals surface area contributed by atoms with Crippen molar-refractivity contribution in [3.05, 3.63) is 24.3 Å². The Morgan fingerprint density at radius 2 is 2.00 bits per heavy atom. The summed E-state index contributed by atoms with van der Waals surface area (Å²) in [4.78, 5) is 10.0. The minimum Gasteiger partial charge on any atom is -0.480 e. The lowest BCUT2D eigenvalue weighted by Gasteiger charge is -2.12. The number of alkyl halides is 3. The van der Waals surface area contributed by atoms with Crippen LogP contribution in [0.3, 0.4) is 0 Å². The molecule has 0 aliphatic rings. The number of nitrogens with one attached hydrogen (secondary N) is 1. The fourth-order valence-corrected chi connectivity index (χ4v) is 2.42. The Balaban J connectivity index is 3.02. The predicted octanol–water partition coefficient (Wildman–Crippen LogP) is 1.34. The lowest BCUT2D eigenvalue weighted by Crippen LogP contribution is -2.38. The van der Waals surface area contributed by atoms with Gasteiger partial charge in [-0.25, -0.2) is 8.42 Å². The minimum atomic E-state index is -4.95. The van der Waals surface area contributed by atoms with Crippen LogP contribution in [0.15, 0.2) is 29.2 Å². The fourth-order valence-electron chi connectivity index (χ4n) is 1.19. The molecule has 0 unspecified atom stereocenters. The van der Waals surface area contributed by atoms with Gasteiger partial charge in [-0.1, -0.05) is 6.07 Å². The third-order valence-electron chi connectivity index (χ3n) is 2.05. The third kappa shape index (κ3) is 4.70. The zero-order valence-electron chi connectivity index (χ0n) is 10.0. The summed E-state index contributed by atoms with van der Waals surface area (Å²) in [7, 11) is -4.26. The number of rotatable bonds is 5. The minimum absolute atomic E-state index is 0.535. The molecule has 0 radical (unpaired) electrons. The van der Waals surface area contributed by atoms with Crippen molar-refractivity contribution < 1.29 is 36.2 Å². The zero-order valence-corrected chi connectivity index (χ0v) is 10.8. The number of aliphatic carboxylic acids is 1. The molecule has 0 saturated carbocycles. The number of ether oxygens (including phenoxy) is 1. The van der Waals surface area contributed by atoms with Gasteiger partial charge in [0.1, 0.15) is 11.8 Å². The maximum absolute atomic E-state index is 12.0. The smallest absolute Gasteiger partial charge is 0.480 e. The van der Waals surface area contributed by atoms with E-state index in [1.807, 2.05) is 0 Å². The lowest BCUT2D eigenvalue weighted by molar-refractivity contribution is -0.274. The number of carbonyl (C=O) groups is 1.